The number of carbonyl (C=O) groups is 1. The van der Waals surface area contributed by atoms with Crippen LogP contribution in [-0.2, 0) is 16.1 Å². The Morgan fingerprint density at radius 3 is 2.76 bits per heavy atom. The van der Waals surface area contributed by atoms with Crippen LogP contribution in [0, 0.1) is 5.92 Å². The number of carbonyl (C=O) groups excluding carboxylic acids is 1. The van der Waals surface area contributed by atoms with E-state index >= 15 is 0 Å². The largest absolute Gasteiger partial charge is 0.468 e. The smallest absolute Gasteiger partial charge is 0.325 e. The van der Waals surface area contributed by atoms with Gasteiger partial charge in [0.25, 0.3) is 0 Å². The van der Waals surface area contributed by atoms with Crippen molar-refractivity contribution in [3.8, 4) is 0 Å². The van der Waals surface area contributed by atoms with Gasteiger partial charge in [0.05, 0.1) is 7.11 Å². The molecule has 0 saturated heterocycles. The molecule has 0 spiro atoms. The Morgan fingerprint density at radius 1 is 1.53 bits per heavy atom. The molecule has 96 valence electrons. The summed E-state index contributed by atoms with van der Waals surface area (Å²) in [6.07, 6.45) is 3.92. The minimum atomic E-state index is -0.225. The summed E-state index contributed by atoms with van der Waals surface area (Å²) < 4.78 is 6.50. The van der Waals surface area contributed by atoms with Crippen molar-refractivity contribution in [1.29, 1.82) is 0 Å². The molecule has 1 unspecified atom stereocenters. The lowest BCUT2D eigenvalue weighted by atomic mass is 9.98. The highest BCUT2D eigenvalue weighted by atomic mass is 16.5. The average molecular weight is 238 g/mol. The molecule has 1 aromatic heterocycles. The third-order valence-electron chi connectivity index (χ3n) is 2.76. The zero-order valence-electron chi connectivity index (χ0n) is 11.1. The summed E-state index contributed by atoms with van der Waals surface area (Å²) in [6.45, 7) is 7.68. The van der Waals surface area contributed by atoms with Gasteiger partial charge in [-0.25, -0.2) is 0 Å². The predicted molar refractivity (Wildman–Crippen MR) is 67.7 cm³/mol. The molecule has 0 radical (unpaired) electrons. The molecule has 4 heteroatoms. The molecule has 0 aliphatic heterocycles. The topological polar surface area (TPSA) is 43.3 Å². The van der Waals surface area contributed by atoms with Gasteiger partial charge in [-0.3, -0.25) is 4.79 Å². The highest BCUT2D eigenvalue weighted by molar-refractivity contribution is 5.68. The van der Waals surface area contributed by atoms with Crippen LogP contribution in [0.25, 0.3) is 0 Å². The first-order valence-electron chi connectivity index (χ1n) is 6.04. The minimum Gasteiger partial charge on any atom is -0.468 e. The van der Waals surface area contributed by atoms with Gasteiger partial charge in [0.15, 0.2) is 0 Å². The highest BCUT2D eigenvalue weighted by Crippen LogP contribution is 2.21. The number of hydrogen-bond acceptors (Lipinski definition) is 3. The Labute approximate surface area is 103 Å². The lowest BCUT2D eigenvalue weighted by Gasteiger charge is -2.20. The number of nitrogens with zero attached hydrogens (tertiary/aromatic N) is 1. The molecule has 0 saturated carbocycles. The van der Waals surface area contributed by atoms with Crippen LogP contribution in [0.3, 0.4) is 0 Å². The molecule has 1 aromatic rings. The van der Waals surface area contributed by atoms with Gasteiger partial charge >= 0.3 is 5.97 Å². The summed E-state index contributed by atoms with van der Waals surface area (Å²) in [7, 11) is 1.41. The Hall–Kier alpha value is -1.29. The van der Waals surface area contributed by atoms with Gasteiger partial charge in [-0.05, 0) is 24.1 Å². The summed E-state index contributed by atoms with van der Waals surface area (Å²) in [6, 6.07) is 2.38. The van der Waals surface area contributed by atoms with E-state index in [9.17, 15) is 4.79 Å². The quantitative estimate of drug-likeness (QED) is 0.770. The van der Waals surface area contributed by atoms with Crippen LogP contribution in [0.4, 0.5) is 0 Å². The fraction of sp³-hybridized carbons (Fsp3) is 0.615. The van der Waals surface area contributed by atoms with Crippen molar-refractivity contribution in [2.45, 2.75) is 33.4 Å². The average Bonchev–Trinajstić information content (AvgIpc) is 2.73. The summed E-state index contributed by atoms with van der Waals surface area (Å²) in [5.74, 6) is 0.292. The first kappa shape index (κ1) is 13.8. The molecular formula is C13H22N2O2. The first-order valence-corrected chi connectivity index (χ1v) is 6.04. The summed E-state index contributed by atoms with van der Waals surface area (Å²) in [4.78, 5) is 11.2. The molecule has 0 fully saturated rings. The molecule has 0 aliphatic carbocycles. The molecule has 0 aliphatic rings. The van der Waals surface area contributed by atoms with Gasteiger partial charge in [0, 0.05) is 18.4 Å². The molecule has 17 heavy (non-hydrogen) atoms. The number of nitrogens with one attached hydrogen (secondary N) is 1. The fourth-order valence-corrected chi connectivity index (χ4v) is 1.91. The standard InChI is InChI=1S/C13H22N2O2/c1-5-14-13(10(2)3)11-6-7-15(8-11)9-12(16)17-4/h6-8,10,13-14H,5,9H2,1-4H3. The maximum Gasteiger partial charge on any atom is 0.325 e. The van der Waals surface area contributed by atoms with Crippen molar-refractivity contribution >= 4 is 5.97 Å². The predicted octanol–water partition coefficient (Wildman–Crippen LogP) is 1.97. The summed E-state index contributed by atoms with van der Waals surface area (Å²) in [5, 5.41) is 3.45. The van der Waals surface area contributed by atoms with Crippen molar-refractivity contribution in [1.82, 2.24) is 9.88 Å². The molecule has 1 heterocycles. The lowest BCUT2D eigenvalue weighted by Crippen LogP contribution is -2.25. The molecular weight excluding hydrogens is 216 g/mol. The monoisotopic (exact) mass is 238 g/mol. The van der Waals surface area contributed by atoms with Crippen LogP contribution in [0.2, 0.25) is 0 Å². The van der Waals surface area contributed by atoms with Crippen LogP contribution < -0.4 is 5.32 Å². The van der Waals surface area contributed by atoms with E-state index in [2.05, 4.69) is 36.9 Å². The van der Waals surface area contributed by atoms with Crippen molar-refractivity contribution in [3.05, 3.63) is 24.0 Å². The highest BCUT2D eigenvalue weighted by Gasteiger charge is 2.15. The number of ether oxygens (including phenoxy) is 1. The lowest BCUT2D eigenvalue weighted by molar-refractivity contribution is -0.141. The molecule has 4 nitrogen and oxygen atoms in total. The second-order valence-electron chi connectivity index (χ2n) is 4.47. The maximum absolute atomic E-state index is 11.2. The van der Waals surface area contributed by atoms with E-state index in [1.807, 2.05) is 17.0 Å². The summed E-state index contributed by atoms with van der Waals surface area (Å²) >= 11 is 0. The summed E-state index contributed by atoms with van der Waals surface area (Å²) in [5.41, 5.74) is 1.21. The van der Waals surface area contributed by atoms with Crippen molar-refractivity contribution in [3.63, 3.8) is 0 Å². The van der Waals surface area contributed by atoms with E-state index < -0.39 is 0 Å². The molecule has 0 bridgehead atoms. The van der Waals surface area contributed by atoms with Crippen LogP contribution in [0.15, 0.2) is 18.5 Å². The fourth-order valence-electron chi connectivity index (χ4n) is 1.91. The Morgan fingerprint density at radius 2 is 2.24 bits per heavy atom. The van der Waals surface area contributed by atoms with Gasteiger partial charge in [-0.2, -0.15) is 0 Å². The number of esters is 1. The van der Waals surface area contributed by atoms with Crippen molar-refractivity contribution < 1.29 is 9.53 Å². The normalized spacial score (nSPS) is 12.8. The van der Waals surface area contributed by atoms with E-state index in [0.717, 1.165) is 6.54 Å². The third kappa shape index (κ3) is 3.89. The molecule has 1 rings (SSSR count). The van der Waals surface area contributed by atoms with Gasteiger partial charge < -0.3 is 14.6 Å². The Balaban J connectivity index is 2.74. The minimum absolute atomic E-state index is 0.225. The van der Waals surface area contributed by atoms with E-state index in [-0.39, 0.29) is 12.5 Å². The SMILES string of the molecule is CCNC(c1ccn(CC(=O)OC)c1)C(C)C. The first-order chi connectivity index (χ1) is 8.08. The number of methoxy groups -OCH3 is 1. The van der Waals surface area contributed by atoms with E-state index in [4.69, 9.17) is 0 Å². The van der Waals surface area contributed by atoms with E-state index in [1.54, 1.807) is 0 Å². The van der Waals surface area contributed by atoms with E-state index in [0.29, 0.717) is 12.0 Å². The van der Waals surface area contributed by atoms with Gasteiger partial charge in [-0.1, -0.05) is 20.8 Å². The zero-order chi connectivity index (χ0) is 12.8. The van der Waals surface area contributed by atoms with Crippen LogP contribution in [0.1, 0.15) is 32.4 Å². The zero-order valence-corrected chi connectivity index (χ0v) is 11.1. The second-order valence-corrected chi connectivity index (χ2v) is 4.47. The van der Waals surface area contributed by atoms with E-state index in [1.165, 1.54) is 12.7 Å². The third-order valence-corrected chi connectivity index (χ3v) is 2.76. The number of hydrogen-bond donors (Lipinski definition) is 1. The van der Waals surface area contributed by atoms with Gasteiger partial charge in [0.1, 0.15) is 6.54 Å². The molecule has 0 aromatic carbocycles. The van der Waals surface area contributed by atoms with Crippen LogP contribution >= 0.6 is 0 Å². The second kappa shape index (κ2) is 6.45. The van der Waals surface area contributed by atoms with Gasteiger partial charge in [-0.15, -0.1) is 0 Å². The van der Waals surface area contributed by atoms with Crippen molar-refractivity contribution in [2.24, 2.45) is 5.92 Å². The number of aromatic nitrogens is 1. The number of rotatable bonds is 6. The van der Waals surface area contributed by atoms with Crippen LogP contribution in [0.5, 0.6) is 0 Å². The van der Waals surface area contributed by atoms with Crippen LogP contribution in [-0.4, -0.2) is 24.2 Å². The Kier molecular flexibility index (Phi) is 5.22. The Bertz CT molecular complexity index is 358. The maximum atomic E-state index is 11.2. The molecule has 1 N–H and O–H groups in total. The van der Waals surface area contributed by atoms with Crippen molar-refractivity contribution in [2.75, 3.05) is 13.7 Å². The molecule has 1 atom stereocenters. The van der Waals surface area contributed by atoms with Gasteiger partial charge in [0.2, 0.25) is 0 Å². The molecule has 0 amide bonds.